The second-order valence-corrected chi connectivity index (χ2v) is 7.00. The molecule has 2 atom stereocenters. The summed E-state index contributed by atoms with van der Waals surface area (Å²) in [5.41, 5.74) is 7.35. The van der Waals surface area contributed by atoms with Crippen molar-refractivity contribution in [2.45, 2.75) is 43.7 Å². The summed E-state index contributed by atoms with van der Waals surface area (Å²) in [7, 11) is -4.28. The van der Waals surface area contributed by atoms with Gasteiger partial charge in [-0.3, -0.25) is 4.55 Å². The molecule has 2 aliphatic rings. The van der Waals surface area contributed by atoms with Gasteiger partial charge in [-0.25, -0.2) is 0 Å². The topological polar surface area (TPSA) is 111 Å². The molecule has 1 heterocycles. The molecule has 7 nitrogen and oxygen atoms in total. The van der Waals surface area contributed by atoms with Gasteiger partial charge in [-0.1, -0.05) is 18.2 Å². The number of nitrogens with one attached hydrogen (secondary N) is 1. The lowest BCUT2D eigenvalue weighted by Gasteiger charge is -2.22. The van der Waals surface area contributed by atoms with Gasteiger partial charge < -0.3 is 15.2 Å². The summed E-state index contributed by atoms with van der Waals surface area (Å²) >= 11 is 0. The maximum atomic E-state index is 10.9. The van der Waals surface area contributed by atoms with E-state index in [0.717, 1.165) is 31.2 Å². The molecule has 3 rings (SSSR count). The number of nitrogens with two attached hydrogens (primary N) is 1. The Hall–Kier alpha value is -1.19. The van der Waals surface area contributed by atoms with Crippen molar-refractivity contribution in [3.63, 3.8) is 0 Å². The number of nitrogen functional groups attached to an aromatic ring is 1. The van der Waals surface area contributed by atoms with Crippen LogP contribution in [0.15, 0.2) is 24.3 Å². The van der Waals surface area contributed by atoms with Crippen LogP contribution in [0, 0.1) is 0 Å². The number of benzene rings is 1. The second-order valence-electron chi connectivity index (χ2n) is 5.76. The van der Waals surface area contributed by atoms with Crippen molar-refractivity contribution >= 4 is 16.0 Å². The summed E-state index contributed by atoms with van der Waals surface area (Å²) in [6, 6.07) is 7.29. The van der Waals surface area contributed by atoms with E-state index in [2.05, 4.69) is 4.72 Å². The third kappa shape index (κ3) is 3.26. The molecule has 22 heavy (non-hydrogen) atoms. The van der Waals surface area contributed by atoms with Crippen LogP contribution in [0.3, 0.4) is 0 Å². The van der Waals surface area contributed by atoms with Crippen LogP contribution in [-0.4, -0.2) is 31.4 Å². The highest BCUT2D eigenvalue weighted by molar-refractivity contribution is 7.83. The molecule has 2 fully saturated rings. The first-order valence-electron chi connectivity index (χ1n) is 7.31. The molecule has 1 aliphatic heterocycles. The van der Waals surface area contributed by atoms with E-state index in [4.69, 9.17) is 19.8 Å². The zero-order valence-electron chi connectivity index (χ0n) is 12.1. The van der Waals surface area contributed by atoms with E-state index in [-0.39, 0.29) is 6.54 Å². The number of para-hydroxylation sites is 1. The van der Waals surface area contributed by atoms with E-state index in [0.29, 0.717) is 5.69 Å². The predicted molar refractivity (Wildman–Crippen MR) is 80.3 cm³/mol. The number of ether oxygens (including phenoxy) is 2. The van der Waals surface area contributed by atoms with Gasteiger partial charge in [0.2, 0.25) is 0 Å². The van der Waals surface area contributed by atoms with Crippen LogP contribution in [-0.2, 0) is 19.8 Å². The van der Waals surface area contributed by atoms with Crippen LogP contribution in [0.5, 0.6) is 0 Å². The van der Waals surface area contributed by atoms with Gasteiger partial charge in [-0.15, -0.1) is 0 Å². The largest absolute Gasteiger partial charge is 0.398 e. The maximum Gasteiger partial charge on any atom is 0.333 e. The molecule has 1 aromatic rings. The van der Waals surface area contributed by atoms with Crippen molar-refractivity contribution in [3.05, 3.63) is 29.8 Å². The summed E-state index contributed by atoms with van der Waals surface area (Å²) < 4.78 is 45.0. The van der Waals surface area contributed by atoms with E-state index < -0.39 is 28.3 Å². The lowest BCUT2D eigenvalue weighted by molar-refractivity contribution is -0.169. The summed E-state index contributed by atoms with van der Waals surface area (Å²) in [6.45, 7) is -0.0699. The lowest BCUT2D eigenvalue weighted by atomic mass is 10.0. The minimum atomic E-state index is -4.28. The lowest BCUT2D eigenvalue weighted by Crippen LogP contribution is -2.35. The summed E-state index contributed by atoms with van der Waals surface area (Å²) in [5, 5.41) is 0. The first-order chi connectivity index (χ1) is 10.4. The molecule has 1 saturated heterocycles. The smallest absolute Gasteiger partial charge is 0.333 e. The summed E-state index contributed by atoms with van der Waals surface area (Å²) in [4.78, 5) is 0. The Morgan fingerprint density at radius 1 is 1.27 bits per heavy atom. The van der Waals surface area contributed by atoms with Gasteiger partial charge in [-0.2, -0.15) is 13.1 Å². The number of hydrogen-bond donors (Lipinski definition) is 3. The van der Waals surface area contributed by atoms with Gasteiger partial charge in [0.25, 0.3) is 0 Å². The molecule has 4 N–H and O–H groups in total. The average Bonchev–Trinajstić information content (AvgIpc) is 3.04. The van der Waals surface area contributed by atoms with E-state index in [1.165, 1.54) is 0 Å². The minimum Gasteiger partial charge on any atom is -0.398 e. The van der Waals surface area contributed by atoms with Crippen LogP contribution in [0.4, 0.5) is 5.69 Å². The van der Waals surface area contributed by atoms with Gasteiger partial charge in [0, 0.05) is 30.6 Å². The molecular formula is C14H20N2O5S. The molecule has 1 saturated carbocycles. The van der Waals surface area contributed by atoms with Gasteiger partial charge >= 0.3 is 10.3 Å². The van der Waals surface area contributed by atoms with Gasteiger partial charge in [0.1, 0.15) is 12.2 Å². The fourth-order valence-electron chi connectivity index (χ4n) is 3.19. The number of hydrogen-bond acceptors (Lipinski definition) is 5. The van der Waals surface area contributed by atoms with Crippen molar-refractivity contribution in [1.82, 2.24) is 4.72 Å². The Morgan fingerprint density at radius 3 is 2.59 bits per heavy atom. The van der Waals surface area contributed by atoms with Crippen LogP contribution in [0.1, 0.15) is 37.4 Å². The van der Waals surface area contributed by atoms with Crippen molar-refractivity contribution in [3.8, 4) is 0 Å². The molecule has 2 unspecified atom stereocenters. The minimum absolute atomic E-state index is 0.0699. The van der Waals surface area contributed by atoms with E-state index >= 15 is 0 Å². The molecule has 0 bridgehead atoms. The predicted octanol–water partition coefficient (Wildman–Crippen LogP) is 1.39. The number of rotatable bonds is 4. The fourth-order valence-corrected chi connectivity index (χ4v) is 3.57. The maximum absolute atomic E-state index is 10.9. The second kappa shape index (κ2) is 5.78. The van der Waals surface area contributed by atoms with Crippen molar-refractivity contribution in [1.29, 1.82) is 0 Å². The summed E-state index contributed by atoms with van der Waals surface area (Å²) in [6.07, 6.45) is 2.57. The molecule has 8 heteroatoms. The van der Waals surface area contributed by atoms with Crippen molar-refractivity contribution in [2.24, 2.45) is 0 Å². The third-order valence-corrected chi connectivity index (χ3v) is 4.71. The van der Waals surface area contributed by atoms with E-state index in [9.17, 15) is 8.42 Å². The van der Waals surface area contributed by atoms with Crippen LogP contribution in [0.2, 0.25) is 0 Å². The molecule has 1 aliphatic carbocycles. The van der Waals surface area contributed by atoms with Crippen LogP contribution in [0.25, 0.3) is 0 Å². The van der Waals surface area contributed by atoms with Crippen molar-refractivity contribution < 1.29 is 22.4 Å². The first-order valence-corrected chi connectivity index (χ1v) is 8.75. The molecule has 122 valence electrons. The molecular weight excluding hydrogens is 308 g/mol. The highest BCUT2D eigenvalue weighted by atomic mass is 32.2. The zero-order valence-corrected chi connectivity index (χ0v) is 12.9. The Morgan fingerprint density at radius 2 is 1.95 bits per heavy atom. The zero-order chi connectivity index (χ0) is 15.8. The Kier molecular flexibility index (Phi) is 4.13. The first kappa shape index (κ1) is 15.7. The summed E-state index contributed by atoms with van der Waals surface area (Å²) in [5.74, 6) is -0.668. The Labute approximate surface area is 129 Å². The third-order valence-electron chi connectivity index (χ3n) is 4.18. The normalized spacial score (nSPS) is 27.5. The van der Waals surface area contributed by atoms with Gasteiger partial charge in [-0.05, 0) is 18.9 Å². The van der Waals surface area contributed by atoms with E-state index in [1.54, 1.807) is 6.07 Å². The Balaban J connectivity index is 1.85. The van der Waals surface area contributed by atoms with Gasteiger partial charge in [0.15, 0.2) is 5.79 Å². The van der Waals surface area contributed by atoms with E-state index in [1.807, 2.05) is 18.2 Å². The number of anilines is 1. The van der Waals surface area contributed by atoms with Crippen LogP contribution < -0.4 is 10.5 Å². The highest BCUT2D eigenvalue weighted by Crippen LogP contribution is 2.47. The van der Waals surface area contributed by atoms with Crippen molar-refractivity contribution in [2.75, 3.05) is 12.3 Å². The quantitative estimate of drug-likeness (QED) is 0.569. The average molecular weight is 328 g/mol. The highest BCUT2D eigenvalue weighted by Gasteiger charge is 2.49. The fraction of sp³-hybridized carbons (Fsp3) is 0.571. The van der Waals surface area contributed by atoms with Crippen LogP contribution >= 0.6 is 0 Å². The standard InChI is InChI=1S/C14H20N2O5S/c15-11-6-2-1-5-10(11)13-12(9-16-22(17,18)19)20-14(21-13)7-3-4-8-14/h1-2,5-6,12-13,16H,3-4,7-9,15H2,(H,17,18,19). The molecule has 0 aromatic heterocycles. The van der Waals surface area contributed by atoms with Gasteiger partial charge in [0.05, 0.1) is 0 Å². The Bertz CT molecular complexity index is 642. The SMILES string of the molecule is Nc1ccccc1C1OC2(CCCC2)OC1CNS(=O)(=O)O. The molecule has 1 spiro atoms. The molecule has 1 aromatic carbocycles. The molecule has 0 radical (unpaired) electrons. The molecule has 0 amide bonds. The monoisotopic (exact) mass is 328 g/mol.